The van der Waals surface area contributed by atoms with Crippen molar-refractivity contribution in [3.05, 3.63) is 29.6 Å². The van der Waals surface area contributed by atoms with E-state index >= 15 is 0 Å². The first-order valence-corrected chi connectivity index (χ1v) is 7.52. The van der Waals surface area contributed by atoms with Crippen LogP contribution in [0, 0.1) is 11.7 Å². The molecule has 1 saturated heterocycles. The number of aliphatic hydroxyl groups is 1. The van der Waals surface area contributed by atoms with Gasteiger partial charge in [0.1, 0.15) is 5.82 Å². The fourth-order valence-corrected chi connectivity index (χ4v) is 2.46. The summed E-state index contributed by atoms with van der Waals surface area (Å²) in [6.45, 7) is 2.91. The first kappa shape index (κ1) is 16.4. The van der Waals surface area contributed by atoms with E-state index < -0.39 is 11.7 Å². The number of nitrogens with zero attached hydrogens (tertiary/aromatic N) is 1. The molecule has 6 heteroatoms. The lowest BCUT2D eigenvalue weighted by Crippen LogP contribution is -2.30. The lowest BCUT2D eigenvalue weighted by atomic mass is 10.1. The average molecular weight is 308 g/mol. The van der Waals surface area contributed by atoms with Crippen molar-refractivity contribution in [1.29, 1.82) is 0 Å². The quantitative estimate of drug-likeness (QED) is 0.840. The molecule has 1 fully saturated rings. The Bertz CT molecular complexity index is 562. The summed E-state index contributed by atoms with van der Waals surface area (Å²) >= 11 is 0. The first-order chi connectivity index (χ1) is 10.5. The molecule has 1 aromatic carbocycles. The van der Waals surface area contributed by atoms with Gasteiger partial charge >= 0.3 is 0 Å². The largest absolute Gasteiger partial charge is 0.396 e. The molecule has 0 spiro atoms. The van der Waals surface area contributed by atoms with Gasteiger partial charge in [-0.15, -0.1) is 0 Å². The number of carbonyl (C=O) groups excluding carboxylic acids is 2. The number of amides is 2. The molecule has 120 valence electrons. The SMILES string of the molecule is CC(CCO)CNC(=O)c1cc(N2CCCC2=O)ccc1F. The van der Waals surface area contributed by atoms with Gasteiger partial charge in [-0.1, -0.05) is 6.92 Å². The average Bonchev–Trinajstić information content (AvgIpc) is 2.92. The number of rotatable bonds is 6. The number of carbonyl (C=O) groups is 2. The van der Waals surface area contributed by atoms with E-state index in [0.29, 0.717) is 31.6 Å². The Morgan fingerprint density at radius 3 is 2.91 bits per heavy atom. The molecular weight excluding hydrogens is 287 g/mol. The number of hydrogen-bond donors (Lipinski definition) is 2. The Kier molecular flexibility index (Phi) is 5.49. The lowest BCUT2D eigenvalue weighted by Gasteiger charge is -2.17. The van der Waals surface area contributed by atoms with E-state index in [1.54, 1.807) is 4.90 Å². The molecule has 1 aromatic rings. The van der Waals surface area contributed by atoms with Crippen molar-refractivity contribution in [3.63, 3.8) is 0 Å². The number of halogens is 1. The smallest absolute Gasteiger partial charge is 0.254 e. The second-order valence-electron chi connectivity index (χ2n) is 5.64. The van der Waals surface area contributed by atoms with Crippen LogP contribution in [0.5, 0.6) is 0 Å². The Morgan fingerprint density at radius 2 is 2.27 bits per heavy atom. The Morgan fingerprint density at radius 1 is 1.50 bits per heavy atom. The summed E-state index contributed by atoms with van der Waals surface area (Å²) in [5.74, 6) is -1.01. The van der Waals surface area contributed by atoms with E-state index in [0.717, 1.165) is 6.42 Å². The van der Waals surface area contributed by atoms with Crippen molar-refractivity contribution in [2.45, 2.75) is 26.2 Å². The third-order valence-corrected chi connectivity index (χ3v) is 3.81. The highest BCUT2D eigenvalue weighted by atomic mass is 19.1. The maximum atomic E-state index is 13.9. The molecule has 0 radical (unpaired) electrons. The predicted molar refractivity (Wildman–Crippen MR) is 81.2 cm³/mol. The van der Waals surface area contributed by atoms with E-state index in [1.165, 1.54) is 18.2 Å². The van der Waals surface area contributed by atoms with Gasteiger partial charge in [-0.25, -0.2) is 4.39 Å². The van der Waals surface area contributed by atoms with Crippen LogP contribution in [-0.2, 0) is 4.79 Å². The molecule has 1 aliphatic heterocycles. The van der Waals surface area contributed by atoms with E-state index in [2.05, 4.69) is 5.32 Å². The summed E-state index contributed by atoms with van der Waals surface area (Å²) in [7, 11) is 0. The van der Waals surface area contributed by atoms with Gasteiger partial charge in [0.05, 0.1) is 5.56 Å². The highest BCUT2D eigenvalue weighted by Gasteiger charge is 2.23. The molecule has 2 rings (SSSR count). The van der Waals surface area contributed by atoms with Crippen LogP contribution >= 0.6 is 0 Å². The third-order valence-electron chi connectivity index (χ3n) is 3.81. The van der Waals surface area contributed by atoms with E-state index in [9.17, 15) is 14.0 Å². The van der Waals surface area contributed by atoms with Gasteiger partial charge in [0.25, 0.3) is 5.91 Å². The Balaban J connectivity index is 2.09. The maximum Gasteiger partial charge on any atom is 0.254 e. The number of nitrogens with one attached hydrogen (secondary N) is 1. The normalized spacial score (nSPS) is 16.0. The van der Waals surface area contributed by atoms with E-state index in [-0.39, 0.29) is 24.0 Å². The zero-order valence-corrected chi connectivity index (χ0v) is 12.6. The van der Waals surface area contributed by atoms with Gasteiger partial charge < -0.3 is 15.3 Å². The van der Waals surface area contributed by atoms with Crippen LogP contribution in [0.3, 0.4) is 0 Å². The van der Waals surface area contributed by atoms with Crippen molar-refractivity contribution in [1.82, 2.24) is 5.32 Å². The summed E-state index contributed by atoms with van der Waals surface area (Å²) in [6.07, 6.45) is 1.83. The summed E-state index contributed by atoms with van der Waals surface area (Å²) in [5, 5.41) is 11.5. The van der Waals surface area contributed by atoms with Gasteiger partial charge in [0, 0.05) is 31.8 Å². The van der Waals surface area contributed by atoms with Crippen LogP contribution in [-0.4, -0.2) is 36.6 Å². The summed E-state index contributed by atoms with van der Waals surface area (Å²) in [5.41, 5.74) is 0.492. The molecule has 0 aromatic heterocycles. The van der Waals surface area contributed by atoms with Gasteiger partial charge in [0.2, 0.25) is 5.91 Å². The van der Waals surface area contributed by atoms with Crippen LogP contribution in [0.1, 0.15) is 36.5 Å². The molecule has 5 nitrogen and oxygen atoms in total. The number of aliphatic hydroxyl groups excluding tert-OH is 1. The topological polar surface area (TPSA) is 69.6 Å². The van der Waals surface area contributed by atoms with E-state index in [4.69, 9.17) is 5.11 Å². The van der Waals surface area contributed by atoms with Crippen molar-refractivity contribution in [3.8, 4) is 0 Å². The number of benzene rings is 1. The number of hydrogen-bond acceptors (Lipinski definition) is 3. The van der Waals surface area contributed by atoms with Gasteiger partial charge in [-0.3, -0.25) is 9.59 Å². The van der Waals surface area contributed by atoms with Gasteiger partial charge in [-0.05, 0) is 37.0 Å². The lowest BCUT2D eigenvalue weighted by molar-refractivity contribution is -0.117. The van der Waals surface area contributed by atoms with Crippen LogP contribution in [0.4, 0.5) is 10.1 Å². The van der Waals surface area contributed by atoms with Crippen LogP contribution in [0.15, 0.2) is 18.2 Å². The van der Waals surface area contributed by atoms with Crippen LogP contribution in [0.25, 0.3) is 0 Å². The molecule has 1 unspecified atom stereocenters. The van der Waals surface area contributed by atoms with E-state index in [1.807, 2.05) is 6.92 Å². The second kappa shape index (κ2) is 7.35. The molecule has 2 N–H and O–H groups in total. The molecule has 1 atom stereocenters. The number of anilines is 1. The molecule has 1 heterocycles. The first-order valence-electron chi connectivity index (χ1n) is 7.52. The minimum atomic E-state index is -0.609. The maximum absolute atomic E-state index is 13.9. The summed E-state index contributed by atoms with van der Waals surface area (Å²) in [6, 6.07) is 4.15. The molecule has 2 amide bonds. The van der Waals surface area contributed by atoms with Gasteiger partial charge in [-0.2, -0.15) is 0 Å². The second-order valence-corrected chi connectivity index (χ2v) is 5.64. The summed E-state index contributed by atoms with van der Waals surface area (Å²) in [4.78, 5) is 25.4. The molecular formula is C16H21FN2O3. The monoisotopic (exact) mass is 308 g/mol. The minimum Gasteiger partial charge on any atom is -0.396 e. The van der Waals surface area contributed by atoms with Gasteiger partial charge in [0.15, 0.2) is 0 Å². The molecule has 1 aliphatic rings. The molecule has 0 saturated carbocycles. The zero-order chi connectivity index (χ0) is 16.1. The fraction of sp³-hybridized carbons (Fsp3) is 0.500. The van der Waals surface area contributed by atoms with Crippen molar-refractivity contribution in [2.24, 2.45) is 5.92 Å². The molecule has 0 aliphatic carbocycles. The van der Waals surface area contributed by atoms with Crippen molar-refractivity contribution >= 4 is 17.5 Å². The fourth-order valence-electron chi connectivity index (χ4n) is 2.46. The van der Waals surface area contributed by atoms with Crippen LogP contribution < -0.4 is 10.2 Å². The highest BCUT2D eigenvalue weighted by Crippen LogP contribution is 2.23. The highest BCUT2D eigenvalue weighted by molar-refractivity contribution is 5.99. The summed E-state index contributed by atoms with van der Waals surface area (Å²) < 4.78 is 13.9. The standard InChI is InChI=1S/C16H21FN2O3/c1-11(6-8-20)10-18-16(22)13-9-12(4-5-14(13)17)19-7-2-3-15(19)21/h4-5,9,11,20H,2-3,6-8,10H2,1H3,(H,18,22). The minimum absolute atomic E-state index is 0.00506. The zero-order valence-electron chi connectivity index (χ0n) is 12.6. The van der Waals surface area contributed by atoms with Crippen molar-refractivity contribution < 1.29 is 19.1 Å². The Labute approximate surface area is 129 Å². The van der Waals surface area contributed by atoms with Crippen LogP contribution in [0.2, 0.25) is 0 Å². The third kappa shape index (κ3) is 3.82. The molecule has 22 heavy (non-hydrogen) atoms. The Hall–Kier alpha value is -1.95. The van der Waals surface area contributed by atoms with Crippen molar-refractivity contribution in [2.75, 3.05) is 24.6 Å². The predicted octanol–water partition coefficient (Wildman–Crippen LogP) is 1.70. The molecule has 0 bridgehead atoms.